The Balaban J connectivity index is 1.58. The van der Waals surface area contributed by atoms with E-state index in [1.54, 1.807) is 74.6 Å². The lowest BCUT2D eigenvalue weighted by atomic mass is 9.96. The Kier molecular flexibility index (Phi) is 39.1. The van der Waals surface area contributed by atoms with Crippen molar-refractivity contribution in [2.75, 3.05) is 39.3 Å². The van der Waals surface area contributed by atoms with Crippen LogP contribution in [0.2, 0.25) is 0 Å². The standard InChI is InChI=1S/C72H113N21O16/c1-6-41(4)60(71(109)93-33-17-25-55(93)70(108)83-39-59(97)98)92-67(105)49(23-13-15-31-74)86-61(99)42(5)84-64(102)50(24-16-32-80-72(78)79)88-68(106)53(35-43-18-8-7-9-19-43)85-58(96)38-82-63(101)51(26-28-56(76)94)89-66(104)52(27-29-57(77)95)90-69(107)54(36-44-37-81-47-21-11-10-20-45(44)47)91-65(103)48(22-12-14-30-73)87-62(100)46(75)34-40(2)3/h7-11,18-21,37,40-42,46,48-55,60,81H,6,12-17,22-36,38-39,73-75H2,1-5H3,(H2,76,94)(H2,77,95)(H,82,101)(H,83,108)(H,84,102)(H,85,96)(H,86,99)(H,87,100)(H,88,106)(H,89,104)(H,90,107)(H,91,103)(H,92,105)(H,97,98)(H4,78,79,80)/t41-,42-,46-,48-,49-,50-,51-,52-,53-,54-,55-,60-/m0/s1. The molecule has 14 amide bonds. The van der Waals surface area contributed by atoms with Crippen LogP contribution in [-0.4, -0.2) is 215 Å². The predicted octanol–water partition coefficient (Wildman–Crippen LogP) is -4.09. The number of carboxylic acid groups (broad SMARTS) is 1. The number of carbonyl (C=O) groups is 15. The molecule has 0 aliphatic carbocycles. The monoisotopic (exact) mass is 1530 g/mol. The van der Waals surface area contributed by atoms with Crippen LogP contribution in [0, 0.1) is 11.8 Å². The first-order valence-corrected chi connectivity index (χ1v) is 36.9. The number of aliphatic carboxylic acids is 1. The van der Waals surface area contributed by atoms with Crippen molar-refractivity contribution in [2.24, 2.45) is 57.0 Å². The van der Waals surface area contributed by atoms with Gasteiger partial charge in [0.2, 0.25) is 82.7 Å². The number of hydrogen-bond acceptors (Lipinski definition) is 19. The van der Waals surface area contributed by atoms with Gasteiger partial charge in [-0.3, -0.25) is 76.9 Å². The molecule has 0 saturated carbocycles. The Morgan fingerprint density at radius 2 is 1.05 bits per heavy atom. The predicted molar refractivity (Wildman–Crippen MR) is 403 cm³/mol. The number of guanidine groups is 1. The topological polar surface area (TPSA) is 622 Å². The number of likely N-dealkylation sites (tertiary alicyclic amines) is 1. The number of primary amides is 2. The third kappa shape index (κ3) is 31.9. The van der Waals surface area contributed by atoms with Crippen LogP contribution in [0.1, 0.15) is 148 Å². The van der Waals surface area contributed by atoms with Gasteiger partial charge in [-0.25, -0.2) is 0 Å². The Morgan fingerprint density at radius 3 is 1.60 bits per heavy atom. The minimum absolute atomic E-state index is 0.0244. The molecule has 2 aromatic carbocycles. The number of rotatable bonds is 50. The number of para-hydroxylation sites is 1. The van der Waals surface area contributed by atoms with Gasteiger partial charge in [-0.15, -0.1) is 0 Å². The summed E-state index contributed by atoms with van der Waals surface area (Å²) in [5, 5.41) is 38.2. The summed E-state index contributed by atoms with van der Waals surface area (Å²) in [6.07, 6.45) is 2.47. The molecular weight excluding hydrogens is 1410 g/mol. The summed E-state index contributed by atoms with van der Waals surface area (Å²) in [7, 11) is 0. The number of aliphatic imine (C=N–C) groups is 1. The second kappa shape index (κ2) is 47.1. The molecule has 0 bridgehead atoms. The fraction of sp³-hybridized carbons (Fsp3) is 0.583. The average molecular weight is 1530 g/mol. The number of amides is 14. The van der Waals surface area contributed by atoms with Crippen molar-refractivity contribution in [1.29, 1.82) is 0 Å². The number of unbranched alkanes of at least 4 members (excludes halogenated alkanes) is 2. The molecule has 37 nitrogen and oxygen atoms in total. The minimum Gasteiger partial charge on any atom is -0.480 e. The summed E-state index contributed by atoms with van der Waals surface area (Å²) < 4.78 is 0. The number of carboxylic acids is 1. The van der Waals surface area contributed by atoms with Crippen molar-refractivity contribution in [3.05, 3.63) is 71.9 Å². The lowest BCUT2D eigenvalue weighted by Crippen LogP contribution is -2.60. The molecule has 1 aliphatic rings. The van der Waals surface area contributed by atoms with Crippen LogP contribution in [0.4, 0.5) is 0 Å². The molecule has 27 N–H and O–H groups in total. The fourth-order valence-corrected chi connectivity index (χ4v) is 12.1. The van der Waals surface area contributed by atoms with Gasteiger partial charge in [-0.05, 0) is 133 Å². The second-order valence-electron chi connectivity index (χ2n) is 27.6. The van der Waals surface area contributed by atoms with Gasteiger partial charge in [0, 0.05) is 55.9 Å². The van der Waals surface area contributed by atoms with Crippen molar-refractivity contribution in [3.63, 3.8) is 0 Å². The first-order chi connectivity index (χ1) is 51.8. The highest BCUT2D eigenvalue weighted by molar-refractivity contribution is 6.00. The minimum atomic E-state index is -1.67. The van der Waals surface area contributed by atoms with E-state index in [1.165, 1.54) is 11.8 Å². The van der Waals surface area contributed by atoms with Crippen LogP contribution in [0.25, 0.3) is 10.9 Å². The maximum atomic E-state index is 14.7. The number of benzene rings is 2. The molecule has 1 aromatic heterocycles. The molecule has 1 saturated heterocycles. The molecule has 0 spiro atoms. The first kappa shape index (κ1) is 90.6. The van der Waals surface area contributed by atoms with Gasteiger partial charge in [-0.2, -0.15) is 0 Å². The number of nitrogens with one attached hydrogen (secondary N) is 12. The maximum Gasteiger partial charge on any atom is 0.322 e. The maximum absolute atomic E-state index is 14.7. The Morgan fingerprint density at radius 1 is 0.550 bits per heavy atom. The molecule has 0 unspecified atom stereocenters. The Bertz CT molecular complexity index is 3610. The SMILES string of the molecule is CC[C@H](C)[C@H](NC(=O)[C@H](CCCCN)NC(=O)[C@H](C)NC(=O)[C@H](CCCN=C(N)N)NC(=O)[C@H](Cc1ccccc1)NC(=O)CNC(=O)[C@H](CCC(N)=O)NC(=O)[C@H](CCC(N)=O)NC(=O)[C@H](Cc1c[nH]c2ccccc12)NC(=O)[C@H](CCCCN)NC(=O)[C@@H](N)CC(C)C)C(=O)N1CCC[C@H]1C(=O)NCC(=O)O. The van der Waals surface area contributed by atoms with Crippen LogP contribution in [0.5, 0.6) is 0 Å². The molecule has 4 rings (SSSR count). The summed E-state index contributed by atoms with van der Waals surface area (Å²) >= 11 is 0. The molecule has 37 heteroatoms. The van der Waals surface area contributed by atoms with Crippen LogP contribution in [-0.2, 0) is 84.8 Å². The molecular formula is C72H113N21O16. The summed E-state index contributed by atoms with van der Waals surface area (Å²) in [5.41, 5.74) is 41.7. The quantitative estimate of drug-likeness (QED) is 0.0145. The van der Waals surface area contributed by atoms with Gasteiger partial charge < -0.3 is 114 Å². The lowest BCUT2D eigenvalue weighted by Gasteiger charge is -2.32. The van der Waals surface area contributed by atoms with Crippen LogP contribution < -0.4 is 98.6 Å². The summed E-state index contributed by atoms with van der Waals surface area (Å²) in [4.78, 5) is 214. The van der Waals surface area contributed by atoms with Gasteiger partial charge >= 0.3 is 5.97 Å². The van der Waals surface area contributed by atoms with E-state index in [2.05, 4.69) is 68.5 Å². The number of hydrogen-bond donors (Lipinski definition) is 20. The number of nitrogens with zero attached hydrogens (tertiary/aromatic N) is 2. The van der Waals surface area contributed by atoms with Gasteiger partial charge in [0.05, 0.1) is 12.6 Å². The molecule has 602 valence electrons. The third-order valence-electron chi connectivity index (χ3n) is 18.3. The van der Waals surface area contributed by atoms with E-state index in [0.29, 0.717) is 67.0 Å². The molecule has 109 heavy (non-hydrogen) atoms. The molecule has 2 heterocycles. The second-order valence-corrected chi connectivity index (χ2v) is 27.6. The highest BCUT2D eigenvalue weighted by Gasteiger charge is 2.41. The van der Waals surface area contributed by atoms with E-state index in [4.69, 9.17) is 45.2 Å². The third-order valence-corrected chi connectivity index (χ3v) is 18.3. The van der Waals surface area contributed by atoms with Gasteiger partial charge in [0.15, 0.2) is 5.96 Å². The van der Waals surface area contributed by atoms with E-state index in [9.17, 15) is 71.9 Å². The Labute approximate surface area is 633 Å². The van der Waals surface area contributed by atoms with E-state index in [-0.39, 0.29) is 83.0 Å². The van der Waals surface area contributed by atoms with Crippen molar-refractivity contribution in [3.8, 4) is 0 Å². The summed E-state index contributed by atoms with van der Waals surface area (Å²) in [6, 6.07) is 0.668. The number of H-pyrrole nitrogens is 1. The molecule has 12 atom stereocenters. The zero-order chi connectivity index (χ0) is 80.9. The molecule has 1 fully saturated rings. The average Bonchev–Trinajstić information content (AvgIpc) is 1.71. The zero-order valence-electron chi connectivity index (χ0n) is 62.8. The van der Waals surface area contributed by atoms with Crippen LogP contribution in [0.3, 0.4) is 0 Å². The van der Waals surface area contributed by atoms with Gasteiger partial charge in [-0.1, -0.05) is 82.6 Å². The molecule has 1 aliphatic heterocycles. The number of nitrogens with two attached hydrogens (primary N) is 7. The van der Waals surface area contributed by atoms with E-state index in [0.717, 1.165) is 0 Å². The smallest absolute Gasteiger partial charge is 0.322 e. The zero-order valence-corrected chi connectivity index (χ0v) is 62.8. The van der Waals surface area contributed by atoms with Crippen molar-refractivity contribution in [1.82, 2.24) is 68.4 Å². The van der Waals surface area contributed by atoms with Crippen LogP contribution in [0.15, 0.2) is 65.8 Å². The van der Waals surface area contributed by atoms with E-state index >= 15 is 0 Å². The normalized spacial score (nSPS) is 15.6. The highest BCUT2D eigenvalue weighted by Crippen LogP contribution is 2.23. The van der Waals surface area contributed by atoms with Crippen molar-refractivity contribution >= 4 is 106 Å². The number of carbonyl (C=O) groups excluding carboxylic acids is 14. The summed E-state index contributed by atoms with van der Waals surface area (Å²) in [5.74, 6) is -13.9. The van der Waals surface area contributed by atoms with E-state index in [1.807, 2.05) is 13.8 Å². The molecule has 3 aromatic rings. The van der Waals surface area contributed by atoms with Gasteiger partial charge in [0.25, 0.3) is 0 Å². The molecule has 0 radical (unpaired) electrons. The number of aromatic amines is 1. The van der Waals surface area contributed by atoms with Crippen molar-refractivity contribution in [2.45, 2.75) is 217 Å². The van der Waals surface area contributed by atoms with E-state index < -0.39 is 200 Å². The Hall–Kier alpha value is -10.8. The van der Waals surface area contributed by atoms with Crippen molar-refractivity contribution < 1.29 is 77.0 Å². The largest absolute Gasteiger partial charge is 0.480 e. The number of fused-ring (bicyclic) bond motifs is 1. The van der Waals surface area contributed by atoms with Gasteiger partial charge in [0.1, 0.15) is 67.0 Å². The number of aromatic nitrogens is 1. The highest BCUT2D eigenvalue weighted by atomic mass is 16.4. The fourth-order valence-electron chi connectivity index (χ4n) is 12.1. The van der Waals surface area contributed by atoms with Crippen LogP contribution >= 0.6 is 0 Å². The first-order valence-electron chi connectivity index (χ1n) is 36.9. The summed E-state index contributed by atoms with van der Waals surface area (Å²) in [6.45, 7) is 7.71. The lowest BCUT2D eigenvalue weighted by molar-refractivity contribution is -0.144.